The lowest BCUT2D eigenvalue weighted by molar-refractivity contribution is -0.144. The Morgan fingerprint density at radius 1 is 0.875 bits per heavy atom. The largest absolute Gasteiger partial charge is 0.481 e. The Morgan fingerprint density at radius 2 is 1.48 bits per heavy atom. The summed E-state index contributed by atoms with van der Waals surface area (Å²) < 4.78 is 0. The van der Waals surface area contributed by atoms with Crippen LogP contribution in [0.5, 0.6) is 0 Å². The molecule has 226 valence electrons. The maximum absolute atomic E-state index is 13.1. The maximum atomic E-state index is 13.1. The van der Waals surface area contributed by atoms with Crippen LogP contribution in [0.4, 0.5) is 0 Å². The van der Waals surface area contributed by atoms with Gasteiger partial charge in [0, 0.05) is 13.0 Å². The normalized spacial score (nSPS) is 18.0. The predicted octanol–water partition coefficient (Wildman–Crippen LogP) is -1.11. The van der Waals surface area contributed by atoms with E-state index in [-0.39, 0.29) is 18.9 Å². The fourth-order valence-electron chi connectivity index (χ4n) is 4.35. The van der Waals surface area contributed by atoms with Crippen LogP contribution in [-0.4, -0.2) is 98.5 Å². The number of carbonyl (C=O) groups is 7. The summed E-state index contributed by atoms with van der Waals surface area (Å²) in [5.41, 5.74) is 6.01. The smallest absolute Gasteiger partial charge is 0.326 e. The molecule has 15 heteroatoms. The summed E-state index contributed by atoms with van der Waals surface area (Å²) in [5, 5.41) is 34.5. The van der Waals surface area contributed by atoms with Gasteiger partial charge < -0.3 is 41.9 Å². The van der Waals surface area contributed by atoms with Crippen molar-refractivity contribution in [3.05, 3.63) is 0 Å². The summed E-state index contributed by atoms with van der Waals surface area (Å²) in [6, 6.07) is -6.35. The molecule has 0 bridgehead atoms. The van der Waals surface area contributed by atoms with Crippen molar-refractivity contribution in [2.45, 2.75) is 96.4 Å². The van der Waals surface area contributed by atoms with Gasteiger partial charge in [-0.05, 0) is 37.5 Å². The molecule has 4 amide bonds. The Kier molecular flexibility index (Phi) is 13.5. The highest BCUT2D eigenvalue weighted by molar-refractivity contribution is 5.96. The zero-order valence-electron chi connectivity index (χ0n) is 23.2. The molecule has 0 aliphatic carbocycles. The zero-order valence-corrected chi connectivity index (χ0v) is 23.2. The van der Waals surface area contributed by atoms with Crippen molar-refractivity contribution in [3.63, 3.8) is 0 Å². The lowest BCUT2D eigenvalue weighted by atomic mass is 10.0. The number of likely N-dealkylation sites (tertiary alicyclic amines) is 1. The second-order valence-electron chi connectivity index (χ2n) is 10.6. The number of nitrogens with two attached hydrogens (primary N) is 1. The molecule has 1 rings (SSSR count). The van der Waals surface area contributed by atoms with Crippen molar-refractivity contribution in [3.8, 4) is 0 Å². The van der Waals surface area contributed by atoms with E-state index in [1.54, 1.807) is 0 Å². The van der Waals surface area contributed by atoms with Gasteiger partial charge >= 0.3 is 17.9 Å². The van der Waals surface area contributed by atoms with E-state index in [4.69, 9.17) is 10.8 Å². The zero-order chi connectivity index (χ0) is 30.7. The molecule has 1 heterocycles. The molecule has 0 aromatic carbocycles. The minimum atomic E-state index is -1.71. The Balaban J connectivity index is 3.10. The second-order valence-corrected chi connectivity index (χ2v) is 10.6. The maximum Gasteiger partial charge on any atom is 0.326 e. The van der Waals surface area contributed by atoms with E-state index < -0.39 is 96.9 Å². The van der Waals surface area contributed by atoms with Crippen LogP contribution in [0.3, 0.4) is 0 Å². The Hall–Kier alpha value is -3.75. The molecule has 1 saturated heterocycles. The van der Waals surface area contributed by atoms with Gasteiger partial charge in [0.25, 0.3) is 0 Å². The third-order valence-electron chi connectivity index (χ3n) is 6.40. The number of carboxylic acid groups (broad SMARTS) is 3. The molecule has 15 nitrogen and oxygen atoms in total. The molecule has 0 aromatic heterocycles. The standard InChI is InChI=1S/C25H41N5O10/c1-12(2)10-14(26)24(38)30-9-5-6-17(30)23(37)27-15(7-8-18(31)32)21(35)28-16(11-19(33)34)22(36)29-20(13(3)4)25(39)40/h12-17,20H,5-11,26H2,1-4H3,(H,27,37)(H,28,35)(H,29,36)(H,31,32)(H,33,34)(H,39,40)/t14-,15-,16-,17-,20-/m0/s1. The lowest BCUT2D eigenvalue weighted by Gasteiger charge is -2.29. The van der Waals surface area contributed by atoms with Gasteiger partial charge in [0.2, 0.25) is 23.6 Å². The van der Waals surface area contributed by atoms with Crippen LogP contribution >= 0.6 is 0 Å². The van der Waals surface area contributed by atoms with Gasteiger partial charge in [-0.15, -0.1) is 0 Å². The van der Waals surface area contributed by atoms with E-state index in [1.807, 2.05) is 13.8 Å². The first kappa shape index (κ1) is 34.3. The molecule has 5 atom stereocenters. The van der Waals surface area contributed by atoms with Gasteiger partial charge in [0.15, 0.2) is 0 Å². The number of amides is 4. The van der Waals surface area contributed by atoms with Gasteiger partial charge in [-0.1, -0.05) is 27.7 Å². The summed E-state index contributed by atoms with van der Waals surface area (Å²) in [6.45, 7) is 7.11. The fraction of sp³-hybridized carbons (Fsp3) is 0.720. The molecular formula is C25H41N5O10. The molecule has 0 aromatic rings. The SMILES string of the molecule is CC(C)C[C@H](N)C(=O)N1CCC[C@H]1C(=O)N[C@@H](CCC(=O)O)C(=O)N[C@@H](CC(=O)O)C(=O)N[C@H](C(=O)O)C(C)C. The minimum Gasteiger partial charge on any atom is -0.481 e. The molecule has 0 spiro atoms. The molecule has 8 N–H and O–H groups in total. The number of aliphatic carboxylic acids is 3. The van der Waals surface area contributed by atoms with Crippen LogP contribution in [0.25, 0.3) is 0 Å². The first-order chi connectivity index (χ1) is 18.5. The number of rotatable bonds is 16. The van der Waals surface area contributed by atoms with Crippen molar-refractivity contribution in [1.82, 2.24) is 20.9 Å². The molecule has 1 fully saturated rings. The topological polar surface area (TPSA) is 246 Å². The number of carbonyl (C=O) groups excluding carboxylic acids is 4. The summed E-state index contributed by atoms with van der Waals surface area (Å²) in [6.07, 6.45) is -0.651. The lowest BCUT2D eigenvalue weighted by Crippen LogP contribution is -2.58. The number of nitrogens with one attached hydrogen (secondary N) is 3. The Bertz CT molecular complexity index is 970. The minimum absolute atomic E-state index is 0.139. The van der Waals surface area contributed by atoms with Crippen LogP contribution in [0.15, 0.2) is 0 Å². The summed E-state index contributed by atoms with van der Waals surface area (Å²) in [5.74, 6) is -7.79. The van der Waals surface area contributed by atoms with Gasteiger partial charge in [-0.2, -0.15) is 0 Å². The summed E-state index contributed by atoms with van der Waals surface area (Å²) in [4.78, 5) is 87.2. The fourth-order valence-corrected chi connectivity index (χ4v) is 4.35. The van der Waals surface area contributed by atoms with E-state index in [9.17, 15) is 43.8 Å². The molecular weight excluding hydrogens is 530 g/mol. The van der Waals surface area contributed by atoms with E-state index in [2.05, 4.69) is 16.0 Å². The van der Waals surface area contributed by atoms with Gasteiger partial charge in [-0.3, -0.25) is 28.8 Å². The van der Waals surface area contributed by atoms with Crippen LogP contribution in [-0.2, 0) is 33.6 Å². The number of carboxylic acids is 3. The van der Waals surface area contributed by atoms with Crippen LogP contribution < -0.4 is 21.7 Å². The Morgan fingerprint density at radius 3 is 1.98 bits per heavy atom. The van der Waals surface area contributed by atoms with Gasteiger partial charge in [0.1, 0.15) is 24.2 Å². The molecule has 0 radical (unpaired) electrons. The first-order valence-corrected chi connectivity index (χ1v) is 13.2. The van der Waals surface area contributed by atoms with Gasteiger partial charge in [0.05, 0.1) is 12.5 Å². The van der Waals surface area contributed by atoms with Crippen LogP contribution in [0, 0.1) is 11.8 Å². The number of hydrogen-bond acceptors (Lipinski definition) is 8. The van der Waals surface area contributed by atoms with E-state index >= 15 is 0 Å². The highest BCUT2D eigenvalue weighted by Gasteiger charge is 2.38. The first-order valence-electron chi connectivity index (χ1n) is 13.2. The highest BCUT2D eigenvalue weighted by Crippen LogP contribution is 2.20. The third kappa shape index (κ3) is 10.8. The van der Waals surface area contributed by atoms with Crippen molar-refractivity contribution < 1.29 is 48.9 Å². The van der Waals surface area contributed by atoms with Gasteiger partial charge in [-0.25, -0.2) is 4.79 Å². The van der Waals surface area contributed by atoms with E-state index in [1.165, 1.54) is 18.7 Å². The second kappa shape index (κ2) is 15.7. The molecule has 1 aliphatic rings. The molecule has 0 unspecified atom stereocenters. The highest BCUT2D eigenvalue weighted by atomic mass is 16.4. The number of nitrogens with zero attached hydrogens (tertiary/aromatic N) is 1. The molecule has 40 heavy (non-hydrogen) atoms. The molecule has 0 saturated carbocycles. The summed E-state index contributed by atoms with van der Waals surface area (Å²) >= 11 is 0. The average Bonchev–Trinajstić information content (AvgIpc) is 3.32. The van der Waals surface area contributed by atoms with Crippen LogP contribution in [0.2, 0.25) is 0 Å². The summed E-state index contributed by atoms with van der Waals surface area (Å²) in [7, 11) is 0. The average molecular weight is 572 g/mol. The van der Waals surface area contributed by atoms with Crippen molar-refractivity contribution in [1.29, 1.82) is 0 Å². The monoisotopic (exact) mass is 571 g/mol. The quantitative estimate of drug-likeness (QED) is 0.117. The number of hydrogen-bond donors (Lipinski definition) is 7. The van der Waals surface area contributed by atoms with Crippen molar-refractivity contribution >= 4 is 41.5 Å². The predicted molar refractivity (Wildman–Crippen MR) is 140 cm³/mol. The Labute approximate surface area is 232 Å². The van der Waals surface area contributed by atoms with Crippen molar-refractivity contribution in [2.75, 3.05) is 6.54 Å². The van der Waals surface area contributed by atoms with E-state index in [0.717, 1.165) is 0 Å². The van der Waals surface area contributed by atoms with Crippen LogP contribution in [0.1, 0.15) is 66.2 Å². The third-order valence-corrected chi connectivity index (χ3v) is 6.40. The van der Waals surface area contributed by atoms with Crippen molar-refractivity contribution in [2.24, 2.45) is 17.6 Å². The molecule has 1 aliphatic heterocycles. The van der Waals surface area contributed by atoms with E-state index in [0.29, 0.717) is 12.8 Å².